The second-order valence-corrected chi connectivity index (χ2v) is 12.7. The highest BCUT2D eigenvalue weighted by molar-refractivity contribution is 7.90. The van der Waals surface area contributed by atoms with Crippen molar-refractivity contribution in [3.8, 4) is 11.1 Å². The van der Waals surface area contributed by atoms with E-state index in [-0.39, 0.29) is 16.4 Å². The summed E-state index contributed by atoms with van der Waals surface area (Å²) in [6.07, 6.45) is 10.9. The van der Waals surface area contributed by atoms with Gasteiger partial charge in [-0.3, -0.25) is 14.5 Å². The largest absolute Gasteiger partial charge is 0.339 e. The maximum absolute atomic E-state index is 13.8. The first kappa shape index (κ1) is 26.9. The summed E-state index contributed by atoms with van der Waals surface area (Å²) in [5, 5.41) is 3.04. The number of carbonyl (C=O) groups excluding carboxylic acids is 1. The molecule has 2 aliphatic rings. The van der Waals surface area contributed by atoms with Gasteiger partial charge in [-0.15, -0.1) is 0 Å². The molecule has 0 spiro atoms. The molecule has 1 N–H and O–H groups in total. The van der Waals surface area contributed by atoms with Crippen LogP contribution < -0.4 is 15.8 Å². The molecule has 0 radical (unpaired) electrons. The summed E-state index contributed by atoms with van der Waals surface area (Å²) in [5.41, 5.74) is 5.96. The monoisotopic (exact) mass is 572 g/mol. The van der Waals surface area contributed by atoms with Crippen LogP contribution in [0, 0.1) is 0 Å². The van der Waals surface area contributed by atoms with Crippen molar-refractivity contribution >= 4 is 33.1 Å². The zero-order valence-electron chi connectivity index (χ0n) is 23.3. The number of aryl methyl sites for hydroxylation is 2. The molecule has 10 nitrogen and oxygen atoms in total. The minimum atomic E-state index is -3.38. The minimum absolute atomic E-state index is 0.0311. The summed E-state index contributed by atoms with van der Waals surface area (Å²) in [6.45, 7) is 3.32. The molecule has 212 valence electrons. The molecule has 0 atom stereocenters. The van der Waals surface area contributed by atoms with E-state index < -0.39 is 9.84 Å². The lowest BCUT2D eigenvalue weighted by atomic mass is 9.98. The first-order valence-electron chi connectivity index (χ1n) is 13.8. The number of nitrogens with zero attached hydrogens (tertiary/aromatic N) is 5. The first-order chi connectivity index (χ1) is 19.7. The van der Waals surface area contributed by atoms with Crippen LogP contribution in [0.2, 0.25) is 0 Å². The standard InChI is InChI=1S/C30H32N6O4S/c1-4-22-23(20-15-24(29(37)34(2)18-20)33-27-10-9-21(17-32-27)41(3,39)40)11-12-31-28(22)36-14-13-35-25-8-6-5-7-19(25)16-26(35)30(36)38/h9-12,15-18H,4-8,13-14H2,1-3H3,(H,32,33). The Labute approximate surface area is 238 Å². The van der Waals surface area contributed by atoms with Crippen molar-refractivity contribution < 1.29 is 13.2 Å². The molecule has 11 heteroatoms. The molecule has 4 aromatic heterocycles. The van der Waals surface area contributed by atoms with E-state index in [4.69, 9.17) is 0 Å². The Morgan fingerprint density at radius 1 is 1.02 bits per heavy atom. The Hall–Kier alpha value is -4.25. The van der Waals surface area contributed by atoms with Gasteiger partial charge in [0, 0.05) is 61.8 Å². The lowest BCUT2D eigenvalue weighted by Crippen LogP contribution is -2.41. The number of carbonyl (C=O) groups is 1. The Balaban J connectivity index is 1.36. The third-order valence-corrected chi connectivity index (χ3v) is 9.08. The zero-order chi connectivity index (χ0) is 28.9. The van der Waals surface area contributed by atoms with Gasteiger partial charge in [0.05, 0.1) is 4.90 Å². The summed E-state index contributed by atoms with van der Waals surface area (Å²) in [7, 11) is -1.71. The van der Waals surface area contributed by atoms with Crippen molar-refractivity contribution in [2.75, 3.05) is 23.0 Å². The number of fused-ring (bicyclic) bond motifs is 3. The number of amides is 1. The zero-order valence-corrected chi connectivity index (χ0v) is 24.2. The molecule has 1 amide bonds. The number of sulfone groups is 1. The van der Waals surface area contributed by atoms with Crippen molar-refractivity contribution in [2.24, 2.45) is 7.05 Å². The Morgan fingerprint density at radius 3 is 2.56 bits per heavy atom. The number of pyridine rings is 3. The van der Waals surface area contributed by atoms with Crippen molar-refractivity contribution in [3.05, 3.63) is 81.8 Å². The van der Waals surface area contributed by atoms with Crippen LogP contribution in [-0.4, -0.2) is 46.2 Å². The van der Waals surface area contributed by atoms with E-state index in [2.05, 4.69) is 25.9 Å². The summed E-state index contributed by atoms with van der Waals surface area (Å²) in [6, 6.07) is 8.71. The maximum Gasteiger partial charge on any atom is 0.276 e. The van der Waals surface area contributed by atoms with Crippen molar-refractivity contribution in [1.29, 1.82) is 0 Å². The molecule has 0 unspecified atom stereocenters. The molecular weight excluding hydrogens is 540 g/mol. The third-order valence-electron chi connectivity index (χ3n) is 7.98. The summed E-state index contributed by atoms with van der Waals surface area (Å²) < 4.78 is 27.3. The molecule has 1 aliphatic heterocycles. The summed E-state index contributed by atoms with van der Waals surface area (Å²) >= 11 is 0. The second kappa shape index (κ2) is 10.3. The molecule has 0 bridgehead atoms. The van der Waals surface area contributed by atoms with Gasteiger partial charge in [-0.1, -0.05) is 6.92 Å². The minimum Gasteiger partial charge on any atom is -0.339 e. The topological polar surface area (TPSA) is 119 Å². The quantitative estimate of drug-likeness (QED) is 0.372. The number of rotatable bonds is 6. The van der Waals surface area contributed by atoms with Gasteiger partial charge >= 0.3 is 0 Å². The average Bonchev–Trinajstić information content (AvgIpc) is 3.35. The number of aromatic nitrogens is 4. The number of nitrogens with one attached hydrogen (secondary N) is 1. The molecule has 1 aliphatic carbocycles. The van der Waals surface area contributed by atoms with Crippen LogP contribution in [0.5, 0.6) is 0 Å². The molecule has 0 saturated heterocycles. The molecule has 41 heavy (non-hydrogen) atoms. The molecule has 0 aromatic carbocycles. The number of anilines is 3. The lowest BCUT2D eigenvalue weighted by molar-refractivity contribution is 0.0963. The SMILES string of the molecule is CCc1c(-c2cc(Nc3ccc(S(C)(=O)=O)cn3)c(=O)n(C)c2)ccnc1N1CCn2c(cc3c2CCCC3)C1=O. The smallest absolute Gasteiger partial charge is 0.276 e. The van der Waals surface area contributed by atoms with E-state index in [0.717, 1.165) is 60.9 Å². The molecule has 6 rings (SSSR count). The van der Waals surface area contributed by atoms with Crippen LogP contribution in [0.4, 0.5) is 17.3 Å². The van der Waals surface area contributed by atoms with Gasteiger partial charge in [-0.2, -0.15) is 0 Å². The number of hydrogen-bond donors (Lipinski definition) is 1. The molecule has 5 heterocycles. The maximum atomic E-state index is 13.8. The average molecular weight is 573 g/mol. The van der Waals surface area contributed by atoms with Crippen LogP contribution >= 0.6 is 0 Å². The van der Waals surface area contributed by atoms with E-state index in [9.17, 15) is 18.0 Å². The fourth-order valence-electron chi connectivity index (χ4n) is 5.93. The lowest BCUT2D eigenvalue weighted by Gasteiger charge is -2.31. The van der Waals surface area contributed by atoms with Gasteiger partial charge in [-0.05, 0) is 73.6 Å². The Bertz CT molecular complexity index is 1840. The predicted octanol–water partition coefficient (Wildman–Crippen LogP) is 3.89. The van der Waals surface area contributed by atoms with Gasteiger partial charge in [-0.25, -0.2) is 18.4 Å². The predicted molar refractivity (Wildman–Crippen MR) is 158 cm³/mol. The van der Waals surface area contributed by atoms with Crippen molar-refractivity contribution in [2.45, 2.75) is 50.5 Å². The number of hydrogen-bond acceptors (Lipinski definition) is 7. The Morgan fingerprint density at radius 2 is 1.83 bits per heavy atom. The highest BCUT2D eigenvalue weighted by Gasteiger charge is 2.32. The van der Waals surface area contributed by atoms with Gasteiger partial charge in [0.15, 0.2) is 9.84 Å². The fourth-order valence-corrected chi connectivity index (χ4v) is 6.49. The summed E-state index contributed by atoms with van der Waals surface area (Å²) in [5.74, 6) is 0.959. The first-order valence-corrected chi connectivity index (χ1v) is 15.7. The van der Waals surface area contributed by atoms with Gasteiger partial charge in [0.25, 0.3) is 11.5 Å². The van der Waals surface area contributed by atoms with Crippen LogP contribution in [-0.2, 0) is 42.7 Å². The van der Waals surface area contributed by atoms with Crippen LogP contribution in [0.1, 0.15) is 47.1 Å². The van der Waals surface area contributed by atoms with E-state index in [1.165, 1.54) is 34.2 Å². The normalized spacial score (nSPS) is 15.0. The van der Waals surface area contributed by atoms with Gasteiger partial charge in [0.1, 0.15) is 23.0 Å². The van der Waals surface area contributed by atoms with Crippen molar-refractivity contribution in [3.63, 3.8) is 0 Å². The Kier molecular flexibility index (Phi) is 6.77. The third kappa shape index (κ3) is 4.84. The summed E-state index contributed by atoms with van der Waals surface area (Å²) in [4.78, 5) is 37.5. The van der Waals surface area contributed by atoms with Crippen molar-refractivity contribution in [1.82, 2.24) is 19.1 Å². The fraction of sp³-hybridized carbons (Fsp3) is 0.333. The van der Waals surface area contributed by atoms with E-state index in [1.807, 2.05) is 13.0 Å². The second-order valence-electron chi connectivity index (χ2n) is 10.7. The molecule has 0 fully saturated rings. The van der Waals surface area contributed by atoms with E-state index in [0.29, 0.717) is 30.3 Å². The van der Waals surface area contributed by atoms with Crippen LogP contribution in [0.3, 0.4) is 0 Å². The molecule has 4 aromatic rings. The highest BCUT2D eigenvalue weighted by Crippen LogP contribution is 2.34. The van der Waals surface area contributed by atoms with E-state index in [1.54, 1.807) is 30.4 Å². The van der Waals surface area contributed by atoms with E-state index >= 15 is 0 Å². The highest BCUT2D eigenvalue weighted by atomic mass is 32.2. The van der Waals surface area contributed by atoms with Gasteiger partial charge < -0.3 is 14.5 Å². The van der Waals surface area contributed by atoms with Crippen LogP contribution in [0.15, 0.2) is 58.6 Å². The molecule has 0 saturated carbocycles. The van der Waals surface area contributed by atoms with Crippen LogP contribution in [0.25, 0.3) is 11.1 Å². The molecular formula is C30H32N6O4S. The van der Waals surface area contributed by atoms with Gasteiger partial charge in [0.2, 0.25) is 0 Å².